The summed E-state index contributed by atoms with van der Waals surface area (Å²) in [6.07, 6.45) is 8.06. The molecule has 2 rings (SSSR count). The SMILES string of the molecule is CC(=O)CNc1ccc(C(=O)NCCCC(=O)CC[C@H](NC(=O)CCCCCCC(=O)CCCCCNC(=O)CCC(=O)ON2C(=O)CCC2=O)C(C)=O)cn1. The summed E-state index contributed by atoms with van der Waals surface area (Å²) in [4.78, 5) is 128. The predicted octanol–water partition coefficient (Wildman–Crippen LogP) is 2.99. The van der Waals surface area contributed by atoms with Gasteiger partial charge in [0.1, 0.15) is 23.2 Å². The molecule has 1 atom stereocenters. The summed E-state index contributed by atoms with van der Waals surface area (Å²) in [5, 5.41) is 11.4. The van der Waals surface area contributed by atoms with Crippen LogP contribution in [-0.4, -0.2) is 94.4 Å². The molecule has 308 valence electrons. The second-order valence-corrected chi connectivity index (χ2v) is 13.8. The van der Waals surface area contributed by atoms with Gasteiger partial charge in [-0.25, -0.2) is 9.78 Å². The number of ketones is 4. The first-order valence-electron chi connectivity index (χ1n) is 19.4. The van der Waals surface area contributed by atoms with Crippen molar-refractivity contribution in [2.24, 2.45) is 0 Å². The number of anilines is 1. The number of pyridine rings is 1. The van der Waals surface area contributed by atoms with Crippen molar-refractivity contribution in [3.05, 3.63) is 23.9 Å². The number of hydrogen-bond donors (Lipinski definition) is 4. The molecule has 1 aliphatic rings. The van der Waals surface area contributed by atoms with Crippen LogP contribution in [0.25, 0.3) is 0 Å². The fourth-order valence-electron chi connectivity index (χ4n) is 5.56. The highest BCUT2D eigenvalue weighted by molar-refractivity contribution is 6.01. The average Bonchev–Trinajstić information content (AvgIpc) is 3.48. The van der Waals surface area contributed by atoms with E-state index in [0.29, 0.717) is 67.9 Å². The molecule has 1 aromatic heterocycles. The van der Waals surface area contributed by atoms with E-state index in [9.17, 15) is 47.9 Å². The van der Waals surface area contributed by atoms with E-state index in [-0.39, 0.29) is 105 Å². The van der Waals surface area contributed by atoms with Crippen LogP contribution in [0.15, 0.2) is 18.3 Å². The highest BCUT2D eigenvalue weighted by atomic mass is 16.7. The molecular weight excluding hydrogens is 728 g/mol. The van der Waals surface area contributed by atoms with Gasteiger partial charge < -0.3 is 26.1 Å². The Hall–Kier alpha value is -5.35. The van der Waals surface area contributed by atoms with Crippen LogP contribution in [0.4, 0.5) is 5.82 Å². The van der Waals surface area contributed by atoms with Gasteiger partial charge in [-0.2, -0.15) is 0 Å². The number of carbonyl (C=O) groups is 10. The molecule has 0 aliphatic carbocycles. The Morgan fingerprint density at radius 3 is 1.93 bits per heavy atom. The Kier molecular flexibility index (Phi) is 22.1. The molecule has 0 radical (unpaired) electrons. The normalized spacial score (nSPS) is 12.8. The van der Waals surface area contributed by atoms with E-state index in [0.717, 1.165) is 19.3 Å². The zero-order chi connectivity index (χ0) is 41.3. The maximum Gasteiger partial charge on any atom is 0.333 e. The fourth-order valence-corrected chi connectivity index (χ4v) is 5.56. The molecule has 17 heteroatoms. The summed E-state index contributed by atoms with van der Waals surface area (Å²) in [6.45, 7) is 3.64. The smallest absolute Gasteiger partial charge is 0.333 e. The van der Waals surface area contributed by atoms with Crippen molar-refractivity contribution in [1.29, 1.82) is 0 Å². The maximum absolute atomic E-state index is 12.5. The van der Waals surface area contributed by atoms with E-state index in [1.54, 1.807) is 12.1 Å². The third-order valence-electron chi connectivity index (χ3n) is 8.82. The van der Waals surface area contributed by atoms with E-state index in [1.165, 1.54) is 20.0 Å². The van der Waals surface area contributed by atoms with Crippen molar-refractivity contribution in [3.8, 4) is 0 Å². The van der Waals surface area contributed by atoms with Gasteiger partial charge in [0.05, 0.1) is 24.6 Å². The largest absolute Gasteiger partial charge is 0.363 e. The first-order valence-corrected chi connectivity index (χ1v) is 19.4. The van der Waals surface area contributed by atoms with Crippen LogP contribution in [0.2, 0.25) is 0 Å². The van der Waals surface area contributed by atoms with E-state index >= 15 is 0 Å². The standard InChI is InChI=1S/C39H56N6O11/c1-27(46)25-42-33-18-15-29(26-43-33)39(55)41-24-10-13-31(49)16-17-32(28(2)47)44-35(51)14-8-4-3-6-11-30(48)12-7-5-9-23-40-34(50)19-22-38(54)56-45-36(52)20-21-37(45)53/h15,18,26,32H,3-14,16-17,19-25H2,1-2H3,(H,40,50)(H,41,55)(H,42,43)(H,44,51)/t32-/m0/s1. The van der Waals surface area contributed by atoms with Crippen molar-refractivity contribution in [3.63, 3.8) is 0 Å². The summed E-state index contributed by atoms with van der Waals surface area (Å²) in [5.41, 5.74) is 0.348. The van der Waals surface area contributed by atoms with Gasteiger partial charge >= 0.3 is 5.97 Å². The molecule has 1 aliphatic heterocycles. The molecule has 2 heterocycles. The molecule has 0 spiro atoms. The van der Waals surface area contributed by atoms with Crippen LogP contribution >= 0.6 is 0 Å². The van der Waals surface area contributed by atoms with Crippen LogP contribution in [-0.2, 0) is 48.0 Å². The van der Waals surface area contributed by atoms with Crippen LogP contribution in [0.5, 0.6) is 0 Å². The molecule has 1 saturated heterocycles. The minimum Gasteiger partial charge on any atom is -0.363 e. The van der Waals surface area contributed by atoms with Crippen LogP contribution in [0, 0.1) is 0 Å². The number of rotatable bonds is 30. The van der Waals surface area contributed by atoms with Crippen LogP contribution in [0.1, 0.15) is 140 Å². The minimum absolute atomic E-state index is 0.00247. The summed E-state index contributed by atoms with van der Waals surface area (Å²) in [7, 11) is 0. The number of unbranched alkanes of at least 4 members (excludes halogenated alkanes) is 5. The van der Waals surface area contributed by atoms with Gasteiger partial charge in [-0.05, 0) is 64.5 Å². The fraction of sp³-hybridized carbons (Fsp3) is 0.615. The van der Waals surface area contributed by atoms with E-state index < -0.39 is 23.8 Å². The summed E-state index contributed by atoms with van der Waals surface area (Å²) < 4.78 is 0. The van der Waals surface area contributed by atoms with Gasteiger partial charge in [0.25, 0.3) is 17.7 Å². The maximum atomic E-state index is 12.5. The van der Waals surface area contributed by atoms with Crippen LogP contribution < -0.4 is 21.3 Å². The number of hydroxylamine groups is 2. The van der Waals surface area contributed by atoms with Gasteiger partial charge in [-0.3, -0.25) is 43.2 Å². The van der Waals surface area contributed by atoms with E-state index in [2.05, 4.69) is 26.3 Å². The molecule has 0 unspecified atom stereocenters. The van der Waals surface area contributed by atoms with Crippen molar-refractivity contribution < 1.29 is 52.8 Å². The second kappa shape index (κ2) is 26.5. The Balaban J connectivity index is 1.45. The van der Waals surface area contributed by atoms with Gasteiger partial charge in [-0.1, -0.05) is 19.3 Å². The Morgan fingerprint density at radius 2 is 1.30 bits per heavy atom. The molecule has 0 aromatic carbocycles. The number of Topliss-reactive ketones (excluding diaryl/α,β-unsaturated/α-hetero) is 4. The first kappa shape index (κ1) is 46.8. The lowest BCUT2D eigenvalue weighted by Gasteiger charge is -2.15. The van der Waals surface area contributed by atoms with E-state index in [1.807, 2.05) is 0 Å². The number of nitrogens with zero attached hydrogens (tertiary/aromatic N) is 2. The number of hydrogen-bond acceptors (Lipinski definition) is 13. The Morgan fingerprint density at radius 1 is 0.696 bits per heavy atom. The predicted molar refractivity (Wildman–Crippen MR) is 202 cm³/mol. The highest BCUT2D eigenvalue weighted by Gasteiger charge is 2.32. The average molecular weight is 785 g/mol. The van der Waals surface area contributed by atoms with Gasteiger partial charge in [0, 0.05) is 70.7 Å². The third kappa shape index (κ3) is 20.4. The first-order chi connectivity index (χ1) is 26.7. The molecule has 17 nitrogen and oxygen atoms in total. The van der Waals surface area contributed by atoms with Gasteiger partial charge in [0.2, 0.25) is 11.8 Å². The quantitative estimate of drug-likeness (QED) is 0.0649. The summed E-state index contributed by atoms with van der Waals surface area (Å²) in [6, 6.07) is 2.43. The Labute approximate surface area is 327 Å². The molecular formula is C39H56N6O11. The van der Waals surface area contributed by atoms with Crippen molar-refractivity contribution in [2.75, 3.05) is 25.0 Å². The topological polar surface area (TPSA) is 244 Å². The lowest BCUT2D eigenvalue weighted by molar-refractivity contribution is -0.197. The van der Waals surface area contributed by atoms with Crippen molar-refractivity contribution in [2.45, 2.75) is 135 Å². The molecule has 1 fully saturated rings. The van der Waals surface area contributed by atoms with Gasteiger partial charge in [-0.15, -0.1) is 5.06 Å². The lowest BCUT2D eigenvalue weighted by atomic mass is 10.0. The zero-order valence-electron chi connectivity index (χ0n) is 32.5. The summed E-state index contributed by atoms with van der Waals surface area (Å²) >= 11 is 0. The second-order valence-electron chi connectivity index (χ2n) is 13.8. The molecule has 4 N–H and O–H groups in total. The van der Waals surface area contributed by atoms with Crippen LogP contribution in [0.3, 0.4) is 0 Å². The number of aromatic nitrogens is 1. The highest BCUT2D eigenvalue weighted by Crippen LogP contribution is 2.14. The molecule has 5 amide bonds. The lowest BCUT2D eigenvalue weighted by Crippen LogP contribution is -2.40. The molecule has 0 saturated carbocycles. The molecule has 0 bridgehead atoms. The molecule has 1 aromatic rings. The monoisotopic (exact) mass is 784 g/mol. The minimum atomic E-state index is -0.830. The third-order valence-corrected chi connectivity index (χ3v) is 8.82. The van der Waals surface area contributed by atoms with E-state index in [4.69, 9.17) is 4.84 Å². The van der Waals surface area contributed by atoms with Crippen molar-refractivity contribution >= 4 is 64.5 Å². The number of nitrogens with one attached hydrogen (secondary N) is 4. The number of amides is 5. The number of carbonyl (C=O) groups excluding carboxylic acids is 10. The molecule has 56 heavy (non-hydrogen) atoms. The van der Waals surface area contributed by atoms with Gasteiger partial charge in [0.15, 0.2) is 5.78 Å². The zero-order valence-corrected chi connectivity index (χ0v) is 32.5. The van der Waals surface area contributed by atoms with Crippen molar-refractivity contribution in [1.82, 2.24) is 26.0 Å². The Bertz CT molecular complexity index is 1530. The summed E-state index contributed by atoms with van der Waals surface area (Å²) in [5.74, 6) is -2.65. The number of imide groups is 1.